The quantitative estimate of drug-likeness (QED) is 0.605. The molecule has 0 saturated carbocycles. The SMILES string of the molecule is C=C(C)COC(=O)c1ccc(CS(C)(=O)=O)cc1. The molecule has 0 N–H and O–H groups in total. The van der Waals surface area contributed by atoms with Gasteiger partial charge in [0.1, 0.15) is 6.61 Å². The Kier molecular flexibility index (Phi) is 4.67. The van der Waals surface area contributed by atoms with Crippen molar-refractivity contribution >= 4 is 15.8 Å². The van der Waals surface area contributed by atoms with Gasteiger partial charge in [-0.3, -0.25) is 0 Å². The van der Waals surface area contributed by atoms with Crippen LogP contribution in [0.5, 0.6) is 0 Å². The van der Waals surface area contributed by atoms with Crippen molar-refractivity contribution in [3.63, 3.8) is 0 Å². The third-order valence-electron chi connectivity index (χ3n) is 2.07. The monoisotopic (exact) mass is 268 g/mol. The fourth-order valence-electron chi connectivity index (χ4n) is 1.31. The van der Waals surface area contributed by atoms with E-state index in [1.807, 2.05) is 0 Å². The van der Waals surface area contributed by atoms with Crippen LogP contribution < -0.4 is 0 Å². The molecule has 98 valence electrons. The summed E-state index contributed by atoms with van der Waals surface area (Å²) in [5.74, 6) is -0.474. The highest BCUT2D eigenvalue weighted by Crippen LogP contribution is 2.09. The zero-order valence-corrected chi connectivity index (χ0v) is 11.3. The highest BCUT2D eigenvalue weighted by atomic mass is 32.2. The van der Waals surface area contributed by atoms with E-state index in [1.54, 1.807) is 31.2 Å². The highest BCUT2D eigenvalue weighted by molar-refractivity contribution is 7.89. The van der Waals surface area contributed by atoms with Crippen LogP contribution in [-0.4, -0.2) is 27.2 Å². The summed E-state index contributed by atoms with van der Waals surface area (Å²) in [5, 5.41) is 0. The van der Waals surface area contributed by atoms with Gasteiger partial charge in [-0.1, -0.05) is 18.7 Å². The smallest absolute Gasteiger partial charge is 0.338 e. The molecule has 0 amide bonds. The van der Waals surface area contributed by atoms with Crippen LogP contribution in [0, 0.1) is 0 Å². The Bertz CT molecular complexity index is 541. The zero-order valence-electron chi connectivity index (χ0n) is 10.5. The van der Waals surface area contributed by atoms with Gasteiger partial charge in [0.2, 0.25) is 0 Å². The zero-order chi connectivity index (χ0) is 13.8. The number of carbonyl (C=O) groups excluding carboxylic acids is 1. The van der Waals surface area contributed by atoms with E-state index in [-0.39, 0.29) is 12.4 Å². The lowest BCUT2D eigenvalue weighted by molar-refractivity contribution is 0.0540. The van der Waals surface area contributed by atoms with Crippen LogP contribution in [0.25, 0.3) is 0 Å². The lowest BCUT2D eigenvalue weighted by Gasteiger charge is -2.05. The van der Waals surface area contributed by atoms with E-state index in [4.69, 9.17) is 4.74 Å². The molecule has 1 aromatic carbocycles. The minimum Gasteiger partial charge on any atom is -0.458 e. The van der Waals surface area contributed by atoms with E-state index in [2.05, 4.69) is 6.58 Å². The number of benzene rings is 1. The maximum absolute atomic E-state index is 11.6. The van der Waals surface area contributed by atoms with Crippen LogP contribution in [-0.2, 0) is 20.3 Å². The van der Waals surface area contributed by atoms with E-state index in [0.29, 0.717) is 11.1 Å². The number of hydrogen-bond donors (Lipinski definition) is 0. The number of rotatable bonds is 5. The van der Waals surface area contributed by atoms with Gasteiger partial charge < -0.3 is 4.74 Å². The van der Waals surface area contributed by atoms with Crippen LogP contribution >= 0.6 is 0 Å². The van der Waals surface area contributed by atoms with E-state index < -0.39 is 15.8 Å². The second-order valence-corrected chi connectivity index (χ2v) is 6.44. The first kappa shape index (κ1) is 14.4. The van der Waals surface area contributed by atoms with E-state index in [9.17, 15) is 13.2 Å². The maximum Gasteiger partial charge on any atom is 0.338 e. The lowest BCUT2D eigenvalue weighted by atomic mass is 10.1. The Labute approximate surface area is 107 Å². The molecule has 18 heavy (non-hydrogen) atoms. The predicted octanol–water partition coefficient (Wildman–Crippen LogP) is 1.96. The molecule has 0 aliphatic carbocycles. The van der Waals surface area contributed by atoms with E-state index in [0.717, 1.165) is 5.57 Å². The summed E-state index contributed by atoms with van der Waals surface area (Å²) in [4.78, 5) is 11.6. The third kappa shape index (κ3) is 5.14. The molecule has 0 unspecified atom stereocenters. The minimum atomic E-state index is -3.06. The van der Waals surface area contributed by atoms with Crippen molar-refractivity contribution in [1.82, 2.24) is 0 Å². The molecule has 4 nitrogen and oxygen atoms in total. The summed E-state index contributed by atoms with van der Waals surface area (Å²) >= 11 is 0. The molecule has 0 radical (unpaired) electrons. The van der Waals surface area contributed by atoms with Gasteiger partial charge in [0, 0.05) is 6.26 Å². The van der Waals surface area contributed by atoms with Crippen LogP contribution in [0.4, 0.5) is 0 Å². The van der Waals surface area contributed by atoms with Gasteiger partial charge in [0.25, 0.3) is 0 Å². The normalized spacial score (nSPS) is 11.0. The number of hydrogen-bond acceptors (Lipinski definition) is 4. The first-order chi connectivity index (χ1) is 8.28. The molecule has 0 saturated heterocycles. The van der Waals surface area contributed by atoms with Gasteiger partial charge in [-0.2, -0.15) is 0 Å². The first-order valence-corrected chi connectivity index (χ1v) is 7.42. The fourth-order valence-corrected chi connectivity index (χ4v) is 2.11. The van der Waals surface area contributed by atoms with Gasteiger partial charge in [0.05, 0.1) is 11.3 Å². The third-order valence-corrected chi connectivity index (χ3v) is 2.93. The number of sulfone groups is 1. The van der Waals surface area contributed by atoms with Crippen molar-refractivity contribution in [3.05, 3.63) is 47.5 Å². The number of esters is 1. The summed E-state index contributed by atoms with van der Waals surface area (Å²) in [7, 11) is -3.06. The Morgan fingerprint density at radius 3 is 2.28 bits per heavy atom. The molecule has 0 aliphatic heterocycles. The van der Waals surface area contributed by atoms with Crippen LogP contribution in [0.1, 0.15) is 22.8 Å². The summed E-state index contributed by atoms with van der Waals surface area (Å²) < 4.78 is 27.2. The molecule has 0 bridgehead atoms. The lowest BCUT2D eigenvalue weighted by Crippen LogP contribution is -2.07. The molecule has 0 aromatic heterocycles. The summed E-state index contributed by atoms with van der Waals surface area (Å²) in [5.41, 5.74) is 1.81. The highest BCUT2D eigenvalue weighted by Gasteiger charge is 2.08. The van der Waals surface area contributed by atoms with Gasteiger partial charge in [-0.15, -0.1) is 0 Å². The molecule has 0 fully saturated rings. The minimum absolute atomic E-state index is 0.0336. The summed E-state index contributed by atoms with van der Waals surface area (Å²) in [6.07, 6.45) is 1.17. The van der Waals surface area contributed by atoms with Crippen molar-refractivity contribution in [2.75, 3.05) is 12.9 Å². The van der Waals surface area contributed by atoms with Crippen molar-refractivity contribution in [1.29, 1.82) is 0 Å². The first-order valence-electron chi connectivity index (χ1n) is 5.36. The topological polar surface area (TPSA) is 60.4 Å². The molecule has 0 atom stereocenters. The fraction of sp³-hybridized carbons (Fsp3) is 0.308. The largest absolute Gasteiger partial charge is 0.458 e. The molecule has 0 heterocycles. The summed E-state index contributed by atoms with van der Waals surface area (Å²) in [6.45, 7) is 5.58. The maximum atomic E-state index is 11.6. The Balaban J connectivity index is 2.71. The predicted molar refractivity (Wildman–Crippen MR) is 70.1 cm³/mol. The van der Waals surface area contributed by atoms with Crippen LogP contribution in [0.2, 0.25) is 0 Å². The summed E-state index contributed by atoms with van der Waals surface area (Å²) in [6, 6.07) is 6.33. The number of carbonyl (C=O) groups is 1. The van der Waals surface area contributed by atoms with Crippen LogP contribution in [0.3, 0.4) is 0 Å². The van der Waals surface area contributed by atoms with Gasteiger partial charge >= 0.3 is 5.97 Å². The Morgan fingerprint density at radius 2 is 1.83 bits per heavy atom. The average molecular weight is 268 g/mol. The van der Waals surface area contributed by atoms with E-state index in [1.165, 1.54) is 6.26 Å². The molecule has 1 aromatic rings. The van der Waals surface area contributed by atoms with Gasteiger partial charge in [-0.05, 0) is 30.2 Å². The molecule has 5 heteroatoms. The van der Waals surface area contributed by atoms with E-state index >= 15 is 0 Å². The average Bonchev–Trinajstić information content (AvgIpc) is 2.24. The Morgan fingerprint density at radius 1 is 1.28 bits per heavy atom. The van der Waals surface area contributed by atoms with Gasteiger partial charge in [-0.25, -0.2) is 13.2 Å². The molecule has 1 rings (SSSR count). The molecule has 0 aliphatic rings. The number of ether oxygens (including phenoxy) is 1. The standard InChI is InChI=1S/C13H16O4S/c1-10(2)8-17-13(14)12-6-4-11(5-7-12)9-18(3,15)16/h4-7H,1,8-9H2,2-3H3. The second-order valence-electron chi connectivity index (χ2n) is 4.30. The van der Waals surface area contributed by atoms with Crippen molar-refractivity contribution < 1.29 is 17.9 Å². The van der Waals surface area contributed by atoms with Crippen molar-refractivity contribution in [2.24, 2.45) is 0 Å². The second kappa shape index (κ2) is 5.82. The molecule has 0 spiro atoms. The van der Waals surface area contributed by atoms with Gasteiger partial charge in [0.15, 0.2) is 9.84 Å². The van der Waals surface area contributed by atoms with Crippen molar-refractivity contribution in [3.8, 4) is 0 Å². The van der Waals surface area contributed by atoms with Crippen molar-refractivity contribution in [2.45, 2.75) is 12.7 Å². The Hall–Kier alpha value is -1.62. The molecular formula is C13H16O4S. The molecular weight excluding hydrogens is 252 g/mol. The van der Waals surface area contributed by atoms with Crippen LogP contribution in [0.15, 0.2) is 36.4 Å².